The second-order valence-electron chi connectivity index (χ2n) is 7.09. The van der Waals surface area contributed by atoms with E-state index >= 15 is 0 Å². The topological polar surface area (TPSA) is 76.0 Å². The summed E-state index contributed by atoms with van der Waals surface area (Å²) in [4.78, 5) is 26.0. The van der Waals surface area contributed by atoms with E-state index in [0.29, 0.717) is 22.6 Å². The maximum atomic E-state index is 12.6. The molecule has 3 aromatic carbocycles. The summed E-state index contributed by atoms with van der Waals surface area (Å²) < 4.78 is 1.63. The fourth-order valence-electron chi connectivity index (χ4n) is 3.26. The zero-order valence-electron chi connectivity index (χ0n) is 17.7. The van der Waals surface area contributed by atoms with Gasteiger partial charge >= 0.3 is 0 Å². The molecule has 160 valence electrons. The molecule has 1 heterocycles. The van der Waals surface area contributed by atoms with Crippen molar-refractivity contribution in [1.82, 2.24) is 9.78 Å². The van der Waals surface area contributed by atoms with Crippen molar-refractivity contribution in [3.05, 3.63) is 96.1 Å². The SMILES string of the molecule is CSc1ccccc1C(=O)Nc1ccc(-c2cc(NC(=O)c3ccccc3)n(C)n2)cc1. The van der Waals surface area contributed by atoms with E-state index in [0.717, 1.165) is 16.2 Å². The van der Waals surface area contributed by atoms with Crippen LogP contribution in [0.1, 0.15) is 20.7 Å². The van der Waals surface area contributed by atoms with Crippen LogP contribution < -0.4 is 10.6 Å². The summed E-state index contributed by atoms with van der Waals surface area (Å²) in [6.45, 7) is 0. The zero-order valence-corrected chi connectivity index (χ0v) is 18.5. The van der Waals surface area contributed by atoms with E-state index in [1.165, 1.54) is 11.8 Å². The minimum absolute atomic E-state index is 0.147. The lowest BCUT2D eigenvalue weighted by atomic mass is 10.1. The van der Waals surface area contributed by atoms with Crippen LogP contribution in [-0.4, -0.2) is 27.9 Å². The van der Waals surface area contributed by atoms with E-state index in [9.17, 15) is 9.59 Å². The quantitative estimate of drug-likeness (QED) is 0.397. The largest absolute Gasteiger partial charge is 0.322 e. The van der Waals surface area contributed by atoms with Crippen molar-refractivity contribution in [3.63, 3.8) is 0 Å². The Hall–Kier alpha value is -3.84. The van der Waals surface area contributed by atoms with Crippen LogP contribution in [0, 0.1) is 0 Å². The smallest absolute Gasteiger partial charge is 0.256 e. The number of aromatic nitrogens is 2. The van der Waals surface area contributed by atoms with Crippen LogP contribution in [0.25, 0.3) is 11.3 Å². The van der Waals surface area contributed by atoms with Crippen LogP contribution >= 0.6 is 11.8 Å². The standard InChI is InChI=1S/C25H22N4O2S/c1-29-23(27-24(30)18-8-4-3-5-9-18)16-21(28-29)17-12-14-19(15-13-17)26-25(31)20-10-6-7-11-22(20)32-2/h3-16H,1-2H3,(H,26,31)(H,27,30). The minimum atomic E-state index is -0.191. The van der Waals surface area contributed by atoms with Crippen molar-refractivity contribution in [2.45, 2.75) is 4.90 Å². The first kappa shape index (κ1) is 21.4. The number of hydrogen-bond acceptors (Lipinski definition) is 4. The molecule has 0 aliphatic carbocycles. The van der Waals surface area contributed by atoms with Crippen molar-refractivity contribution in [1.29, 1.82) is 0 Å². The molecular formula is C25H22N4O2S. The molecule has 0 aliphatic heterocycles. The maximum Gasteiger partial charge on any atom is 0.256 e. The Morgan fingerprint density at radius 3 is 2.25 bits per heavy atom. The number of aryl methyl sites for hydroxylation is 1. The summed E-state index contributed by atoms with van der Waals surface area (Å²) >= 11 is 1.54. The van der Waals surface area contributed by atoms with Gasteiger partial charge in [-0.2, -0.15) is 5.10 Å². The number of amides is 2. The van der Waals surface area contributed by atoms with Gasteiger partial charge < -0.3 is 10.6 Å². The first-order chi connectivity index (χ1) is 15.5. The summed E-state index contributed by atoms with van der Waals surface area (Å²) in [5.74, 6) is 0.259. The van der Waals surface area contributed by atoms with Gasteiger partial charge in [-0.25, -0.2) is 0 Å². The van der Waals surface area contributed by atoms with Crippen LogP contribution in [0.2, 0.25) is 0 Å². The molecular weight excluding hydrogens is 420 g/mol. The first-order valence-corrected chi connectivity index (χ1v) is 11.2. The Labute approximate surface area is 190 Å². The molecule has 0 aliphatic rings. The number of benzene rings is 3. The van der Waals surface area contributed by atoms with Crippen molar-refractivity contribution in [2.24, 2.45) is 7.05 Å². The number of nitrogens with one attached hydrogen (secondary N) is 2. The molecule has 7 heteroatoms. The summed E-state index contributed by atoms with van der Waals surface area (Å²) in [7, 11) is 1.78. The van der Waals surface area contributed by atoms with E-state index in [2.05, 4.69) is 15.7 Å². The van der Waals surface area contributed by atoms with E-state index in [1.807, 2.05) is 79.1 Å². The number of nitrogens with zero attached hydrogens (tertiary/aromatic N) is 2. The van der Waals surface area contributed by atoms with Crippen molar-refractivity contribution < 1.29 is 9.59 Å². The Balaban J connectivity index is 1.47. The van der Waals surface area contributed by atoms with Gasteiger partial charge in [-0.1, -0.05) is 42.5 Å². The Morgan fingerprint density at radius 1 is 0.844 bits per heavy atom. The van der Waals surface area contributed by atoms with E-state index in [4.69, 9.17) is 0 Å². The van der Waals surface area contributed by atoms with Crippen LogP contribution in [0.4, 0.5) is 11.5 Å². The molecule has 0 saturated heterocycles. The van der Waals surface area contributed by atoms with Gasteiger partial charge in [0.2, 0.25) is 0 Å². The third kappa shape index (κ3) is 4.73. The molecule has 0 fully saturated rings. The molecule has 0 atom stereocenters. The fourth-order valence-corrected chi connectivity index (χ4v) is 3.85. The molecule has 4 rings (SSSR count). The highest BCUT2D eigenvalue weighted by atomic mass is 32.2. The number of thioether (sulfide) groups is 1. The predicted octanol–water partition coefficient (Wildman–Crippen LogP) is 5.31. The fraction of sp³-hybridized carbons (Fsp3) is 0.0800. The van der Waals surface area contributed by atoms with Crippen LogP contribution in [0.5, 0.6) is 0 Å². The number of carbonyl (C=O) groups is 2. The monoisotopic (exact) mass is 442 g/mol. The molecule has 0 spiro atoms. The van der Waals surface area contributed by atoms with Crippen molar-refractivity contribution in [3.8, 4) is 11.3 Å². The van der Waals surface area contributed by atoms with E-state index in [-0.39, 0.29) is 11.8 Å². The van der Waals surface area contributed by atoms with Gasteiger partial charge in [-0.3, -0.25) is 14.3 Å². The Kier molecular flexibility index (Phi) is 6.37. The summed E-state index contributed by atoms with van der Waals surface area (Å²) in [6, 6.07) is 25.8. The summed E-state index contributed by atoms with van der Waals surface area (Å²) in [5, 5.41) is 10.3. The van der Waals surface area contributed by atoms with Crippen LogP contribution in [0.15, 0.2) is 89.8 Å². The second-order valence-corrected chi connectivity index (χ2v) is 7.94. The van der Waals surface area contributed by atoms with Gasteiger partial charge in [0.1, 0.15) is 5.82 Å². The average Bonchev–Trinajstić information content (AvgIpc) is 3.20. The lowest BCUT2D eigenvalue weighted by Gasteiger charge is -2.09. The molecule has 0 bridgehead atoms. The van der Waals surface area contributed by atoms with Gasteiger partial charge in [-0.05, 0) is 42.7 Å². The number of carbonyl (C=O) groups excluding carboxylic acids is 2. The van der Waals surface area contributed by atoms with Gasteiger partial charge in [0.25, 0.3) is 11.8 Å². The molecule has 2 N–H and O–H groups in total. The van der Waals surface area contributed by atoms with Gasteiger partial charge in [0.05, 0.1) is 11.3 Å². The molecule has 6 nitrogen and oxygen atoms in total. The van der Waals surface area contributed by atoms with Gasteiger partial charge in [0, 0.05) is 34.8 Å². The molecule has 0 radical (unpaired) electrons. The highest BCUT2D eigenvalue weighted by Gasteiger charge is 2.13. The van der Waals surface area contributed by atoms with Gasteiger partial charge in [0.15, 0.2) is 0 Å². The van der Waals surface area contributed by atoms with Gasteiger partial charge in [-0.15, -0.1) is 11.8 Å². The maximum absolute atomic E-state index is 12.6. The second kappa shape index (κ2) is 9.53. The van der Waals surface area contributed by atoms with Crippen molar-refractivity contribution in [2.75, 3.05) is 16.9 Å². The predicted molar refractivity (Wildman–Crippen MR) is 129 cm³/mol. The number of anilines is 2. The van der Waals surface area contributed by atoms with Crippen LogP contribution in [-0.2, 0) is 7.05 Å². The van der Waals surface area contributed by atoms with Crippen molar-refractivity contribution >= 4 is 35.1 Å². The highest BCUT2D eigenvalue weighted by molar-refractivity contribution is 7.98. The normalized spacial score (nSPS) is 10.6. The van der Waals surface area contributed by atoms with Crippen LogP contribution in [0.3, 0.4) is 0 Å². The molecule has 4 aromatic rings. The Morgan fingerprint density at radius 2 is 1.53 bits per heavy atom. The highest BCUT2D eigenvalue weighted by Crippen LogP contribution is 2.25. The molecule has 1 aromatic heterocycles. The lowest BCUT2D eigenvalue weighted by Crippen LogP contribution is -2.14. The average molecular weight is 443 g/mol. The summed E-state index contributed by atoms with van der Waals surface area (Å²) in [6.07, 6.45) is 1.95. The number of rotatable bonds is 6. The van der Waals surface area contributed by atoms with E-state index in [1.54, 1.807) is 23.9 Å². The minimum Gasteiger partial charge on any atom is -0.322 e. The Bertz CT molecular complexity index is 1250. The molecule has 32 heavy (non-hydrogen) atoms. The van der Waals surface area contributed by atoms with E-state index < -0.39 is 0 Å². The zero-order chi connectivity index (χ0) is 22.5. The molecule has 2 amide bonds. The molecule has 0 unspecified atom stereocenters. The number of hydrogen-bond donors (Lipinski definition) is 2. The lowest BCUT2D eigenvalue weighted by molar-refractivity contribution is 0.101. The third-order valence-electron chi connectivity index (χ3n) is 4.95. The third-order valence-corrected chi connectivity index (χ3v) is 5.74. The first-order valence-electron chi connectivity index (χ1n) is 10.0. The summed E-state index contributed by atoms with van der Waals surface area (Å²) in [5.41, 5.74) is 3.53. The molecule has 0 saturated carbocycles.